The van der Waals surface area contributed by atoms with Crippen molar-refractivity contribution in [3.05, 3.63) is 48.6 Å². The highest BCUT2D eigenvalue weighted by Crippen LogP contribution is 2.43. The van der Waals surface area contributed by atoms with E-state index in [2.05, 4.69) is 62.5 Å². The van der Waals surface area contributed by atoms with Gasteiger partial charge >= 0.3 is 19.8 Å². The van der Waals surface area contributed by atoms with Crippen LogP contribution in [0, 0.1) is 0 Å². The molecule has 10 heteroatoms. The Morgan fingerprint density at radius 2 is 0.562 bits per heavy atom. The van der Waals surface area contributed by atoms with E-state index in [4.69, 9.17) is 18.5 Å². The number of hydrogen-bond donors (Lipinski definition) is 1. The van der Waals surface area contributed by atoms with E-state index in [-0.39, 0.29) is 25.6 Å². The summed E-state index contributed by atoms with van der Waals surface area (Å²) in [5.74, 6) is -0.770. The van der Waals surface area contributed by atoms with E-state index >= 15 is 0 Å². The van der Waals surface area contributed by atoms with Crippen LogP contribution in [-0.2, 0) is 32.7 Å². The average molecular weight is 1370 g/mol. The quantitative estimate of drug-likeness (QED) is 0.0211. The third kappa shape index (κ3) is 80.9. The van der Waals surface area contributed by atoms with Crippen LogP contribution in [-0.4, -0.2) is 74.9 Å². The second-order valence-electron chi connectivity index (χ2n) is 30.2. The molecule has 0 aromatic rings. The van der Waals surface area contributed by atoms with Crippen LogP contribution in [0.15, 0.2) is 48.6 Å². The fourth-order valence-electron chi connectivity index (χ4n) is 12.8. The minimum Gasteiger partial charge on any atom is -0.462 e. The molecule has 0 aromatic heterocycles. The van der Waals surface area contributed by atoms with Gasteiger partial charge in [-0.3, -0.25) is 18.6 Å². The third-order valence-electron chi connectivity index (χ3n) is 19.3. The van der Waals surface area contributed by atoms with Crippen molar-refractivity contribution in [3.8, 4) is 0 Å². The van der Waals surface area contributed by atoms with Gasteiger partial charge in [-0.2, -0.15) is 0 Å². The normalized spacial score (nSPS) is 13.2. The van der Waals surface area contributed by atoms with Crippen LogP contribution in [0.3, 0.4) is 0 Å². The van der Waals surface area contributed by atoms with Gasteiger partial charge < -0.3 is 18.9 Å². The second kappa shape index (κ2) is 77.1. The van der Waals surface area contributed by atoms with Crippen molar-refractivity contribution < 1.29 is 42.1 Å². The topological polar surface area (TPSA) is 108 Å². The molecule has 0 saturated heterocycles. The summed E-state index contributed by atoms with van der Waals surface area (Å²) in [5.41, 5.74) is 0. The van der Waals surface area contributed by atoms with Gasteiger partial charge in [-0.25, -0.2) is 4.57 Å². The largest absolute Gasteiger partial charge is 0.472 e. The molecule has 566 valence electrons. The number of unbranched alkanes of at least 4 members (excludes halogenated alkanes) is 58. The highest BCUT2D eigenvalue weighted by Gasteiger charge is 2.27. The monoisotopic (exact) mass is 1370 g/mol. The van der Waals surface area contributed by atoms with Crippen molar-refractivity contribution >= 4 is 19.8 Å². The number of allylic oxidation sites excluding steroid dienone is 8. The van der Waals surface area contributed by atoms with Crippen LogP contribution < -0.4 is 0 Å². The van der Waals surface area contributed by atoms with Gasteiger partial charge in [0.05, 0.1) is 27.7 Å². The Morgan fingerprint density at radius 3 is 0.823 bits per heavy atom. The Morgan fingerprint density at radius 1 is 0.323 bits per heavy atom. The molecule has 0 aliphatic heterocycles. The summed E-state index contributed by atoms with van der Waals surface area (Å²) < 4.78 is 34.9. The number of quaternary nitrogens is 1. The van der Waals surface area contributed by atoms with Gasteiger partial charge in [0, 0.05) is 12.8 Å². The Kier molecular flexibility index (Phi) is 75.5. The molecule has 0 aromatic carbocycles. The highest BCUT2D eigenvalue weighted by atomic mass is 31.2. The molecule has 2 unspecified atom stereocenters. The molecule has 0 spiro atoms. The molecule has 9 nitrogen and oxygen atoms in total. The van der Waals surface area contributed by atoms with Crippen molar-refractivity contribution in [2.45, 2.75) is 444 Å². The van der Waals surface area contributed by atoms with E-state index in [0.717, 1.165) is 44.9 Å². The Bertz CT molecular complexity index is 1760. The molecule has 0 bridgehead atoms. The summed E-state index contributed by atoms with van der Waals surface area (Å²) in [6.07, 6.45) is 103. The standard InChI is InChI=1S/C86H164NO8P/c1-6-8-10-12-14-16-18-20-22-24-26-28-30-32-34-36-38-40-42-43-45-47-49-51-53-55-57-59-61-63-65-67-69-71-73-75-77-79-86(89)95-84(83-94-96(90,91)93-81-80-87(3,4)5)82-92-85(88)78-76-74-72-70-68-66-64-62-60-58-56-54-52-50-48-46-44-41-39-37-35-33-31-29-27-25-23-21-19-17-15-13-11-9-7-2/h18-21,24-27,84H,6-17,22-23,28-83H2,1-5H3/p+1/b20-18-,21-19-,26-24-,27-25-. The van der Waals surface area contributed by atoms with Gasteiger partial charge in [0.2, 0.25) is 0 Å². The van der Waals surface area contributed by atoms with Crippen LogP contribution >= 0.6 is 7.82 Å². The number of likely N-dealkylation sites (N-methyl/N-ethyl adjacent to an activating group) is 1. The molecule has 0 aliphatic rings. The molecule has 0 fully saturated rings. The number of rotatable bonds is 80. The molecule has 2 atom stereocenters. The minimum atomic E-state index is -4.39. The number of nitrogens with zero attached hydrogens (tertiary/aromatic N) is 1. The lowest BCUT2D eigenvalue weighted by atomic mass is 10.0. The van der Waals surface area contributed by atoms with Gasteiger partial charge in [-0.15, -0.1) is 0 Å². The third-order valence-corrected chi connectivity index (χ3v) is 20.3. The first-order valence-electron chi connectivity index (χ1n) is 42.4. The lowest BCUT2D eigenvalue weighted by molar-refractivity contribution is -0.870. The molecule has 96 heavy (non-hydrogen) atoms. The minimum absolute atomic E-state index is 0.0351. The van der Waals surface area contributed by atoms with E-state index in [1.54, 1.807) is 0 Å². The first kappa shape index (κ1) is 94.0. The van der Waals surface area contributed by atoms with Gasteiger partial charge in [0.1, 0.15) is 19.8 Å². The first-order valence-corrected chi connectivity index (χ1v) is 43.9. The van der Waals surface area contributed by atoms with Crippen LogP contribution in [0.4, 0.5) is 0 Å². The zero-order chi connectivity index (χ0) is 69.7. The summed E-state index contributed by atoms with van der Waals surface area (Å²) in [7, 11) is 1.50. The Balaban J connectivity index is 3.88. The van der Waals surface area contributed by atoms with Crippen molar-refractivity contribution in [2.75, 3.05) is 47.5 Å². The van der Waals surface area contributed by atoms with E-state index in [0.29, 0.717) is 23.9 Å². The number of carbonyl (C=O) groups is 2. The fraction of sp³-hybridized carbons (Fsp3) is 0.884. The van der Waals surface area contributed by atoms with Crippen LogP contribution in [0.2, 0.25) is 0 Å². The zero-order valence-electron chi connectivity index (χ0n) is 64.9. The van der Waals surface area contributed by atoms with Crippen molar-refractivity contribution in [2.24, 2.45) is 0 Å². The molecule has 0 radical (unpaired) electrons. The number of phosphoric ester groups is 1. The molecule has 0 saturated carbocycles. The predicted molar refractivity (Wildman–Crippen MR) is 418 cm³/mol. The number of carbonyl (C=O) groups excluding carboxylic acids is 2. The first-order chi connectivity index (χ1) is 47.0. The zero-order valence-corrected chi connectivity index (χ0v) is 65.8. The molecule has 0 aliphatic carbocycles. The molecule has 0 heterocycles. The summed E-state index contributed by atoms with van der Waals surface area (Å²) in [5, 5.41) is 0. The maximum absolute atomic E-state index is 12.9. The Labute approximate surface area is 598 Å². The lowest BCUT2D eigenvalue weighted by Gasteiger charge is -2.24. The van der Waals surface area contributed by atoms with E-state index in [1.807, 2.05) is 21.1 Å². The lowest BCUT2D eigenvalue weighted by Crippen LogP contribution is -2.37. The van der Waals surface area contributed by atoms with E-state index in [9.17, 15) is 19.0 Å². The molecular formula is C86H165NO8P+. The summed E-state index contributed by atoms with van der Waals surface area (Å²) in [6, 6.07) is 0. The number of phosphoric acid groups is 1. The van der Waals surface area contributed by atoms with Crippen molar-refractivity contribution in [1.29, 1.82) is 0 Å². The maximum Gasteiger partial charge on any atom is 0.472 e. The molecule has 0 amide bonds. The number of hydrogen-bond acceptors (Lipinski definition) is 7. The van der Waals surface area contributed by atoms with Gasteiger partial charge in [-0.1, -0.05) is 396 Å². The van der Waals surface area contributed by atoms with Gasteiger partial charge in [0.25, 0.3) is 0 Å². The summed E-state index contributed by atoms with van der Waals surface area (Å²) >= 11 is 0. The van der Waals surface area contributed by atoms with E-state index in [1.165, 1.54) is 360 Å². The molecule has 0 rings (SSSR count). The van der Waals surface area contributed by atoms with Crippen LogP contribution in [0.25, 0.3) is 0 Å². The summed E-state index contributed by atoms with van der Waals surface area (Å²) in [6.45, 7) is 4.49. The predicted octanol–water partition coefficient (Wildman–Crippen LogP) is 28.3. The summed E-state index contributed by atoms with van der Waals surface area (Å²) in [4.78, 5) is 36.0. The molecular weight excluding hydrogens is 1210 g/mol. The smallest absolute Gasteiger partial charge is 0.462 e. The average Bonchev–Trinajstić information content (AvgIpc) is 2.72. The van der Waals surface area contributed by atoms with Gasteiger partial charge in [0.15, 0.2) is 6.10 Å². The van der Waals surface area contributed by atoms with Crippen LogP contribution in [0.5, 0.6) is 0 Å². The highest BCUT2D eigenvalue weighted by molar-refractivity contribution is 7.47. The van der Waals surface area contributed by atoms with Crippen molar-refractivity contribution in [3.63, 3.8) is 0 Å². The van der Waals surface area contributed by atoms with Crippen molar-refractivity contribution in [1.82, 2.24) is 0 Å². The Hall–Kier alpha value is -2.03. The number of ether oxygens (including phenoxy) is 2. The number of esters is 2. The van der Waals surface area contributed by atoms with E-state index < -0.39 is 26.5 Å². The SMILES string of the molecule is CCCCCCC/C=C\C/C=C\CCCCCCCCCCCCCCCCCCCCCCCCCCCC(=O)OC(COC(=O)CCCCCCCCCCCCCCCCCCCCCCCCC/C=C\C/C=C\CCCCCCC)COP(=O)(O)OCC[N+](C)(C)C. The van der Waals surface area contributed by atoms with Gasteiger partial charge in [-0.05, 0) is 77.0 Å². The maximum atomic E-state index is 12.9. The fourth-order valence-corrected chi connectivity index (χ4v) is 13.6. The molecule has 1 N–H and O–H groups in total. The van der Waals surface area contributed by atoms with Crippen LogP contribution in [0.1, 0.15) is 438 Å². The second-order valence-corrected chi connectivity index (χ2v) is 31.7.